The van der Waals surface area contributed by atoms with Crippen LogP contribution < -0.4 is 15.7 Å². The molecule has 3 aliphatic rings. The highest BCUT2D eigenvalue weighted by molar-refractivity contribution is 7.26. The molecule has 1 fully saturated rings. The van der Waals surface area contributed by atoms with Crippen molar-refractivity contribution in [3.8, 4) is 11.3 Å². The molecule has 2 aromatic heterocycles. The molecule has 1 N–H and O–H groups in total. The zero-order valence-electron chi connectivity index (χ0n) is 21.8. The van der Waals surface area contributed by atoms with Crippen LogP contribution in [0, 0.1) is 0 Å². The van der Waals surface area contributed by atoms with Gasteiger partial charge in [0.15, 0.2) is 5.82 Å². The van der Waals surface area contributed by atoms with Crippen molar-refractivity contribution in [3.63, 3.8) is 0 Å². The monoisotopic (exact) mass is 535 g/mol. The number of rotatable bonds is 5. The maximum absolute atomic E-state index is 13.8. The number of benzene rings is 2. The number of aromatic nitrogens is 3. The number of carbonyl (C=O) groups excluding carboxylic acids is 1. The van der Waals surface area contributed by atoms with Gasteiger partial charge in [-0.2, -0.15) is 5.10 Å². The van der Waals surface area contributed by atoms with Crippen molar-refractivity contribution in [1.82, 2.24) is 19.7 Å². The molecule has 1 aliphatic carbocycles. The number of amides is 1. The fourth-order valence-electron chi connectivity index (χ4n) is 5.94. The SMILES string of the molecule is CN1C(=O)c2c(nn(Cc3ccc(-c4cccc(P)n4)cc3)c2Nc2ccccc2)N2C1=N[C@@H]1CCCC[C@@H]12. The summed E-state index contributed by atoms with van der Waals surface area (Å²) in [6.45, 7) is 0.519. The second kappa shape index (κ2) is 9.62. The van der Waals surface area contributed by atoms with Gasteiger partial charge in [0.25, 0.3) is 5.91 Å². The molecular formula is C30H30N7OP. The van der Waals surface area contributed by atoms with E-state index >= 15 is 0 Å². The number of hydrogen-bond donors (Lipinski definition) is 1. The van der Waals surface area contributed by atoms with Gasteiger partial charge in [-0.1, -0.05) is 70.6 Å². The molecule has 7 rings (SSSR count). The highest BCUT2D eigenvalue weighted by atomic mass is 31.0. The minimum absolute atomic E-state index is 0.0814. The number of fused-ring (bicyclic) bond motifs is 5. The van der Waals surface area contributed by atoms with Crippen molar-refractivity contribution in [1.29, 1.82) is 0 Å². The summed E-state index contributed by atoms with van der Waals surface area (Å²) in [5.41, 5.74) is 5.50. The number of hydrogen-bond acceptors (Lipinski definition) is 6. The van der Waals surface area contributed by atoms with E-state index in [9.17, 15) is 4.79 Å². The molecule has 3 atom stereocenters. The number of guanidine groups is 1. The number of carbonyl (C=O) groups is 1. The zero-order chi connectivity index (χ0) is 26.5. The van der Waals surface area contributed by atoms with Crippen LogP contribution in [0.1, 0.15) is 41.6 Å². The van der Waals surface area contributed by atoms with Crippen LogP contribution in [0.2, 0.25) is 0 Å². The third-order valence-corrected chi connectivity index (χ3v) is 8.21. The van der Waals surface area contributed by atoms with E-state index in [2.05, 4.69) is 48.7 Å². The lowest BCUT2D eigenvalue weighted by Gasteiger charge is -2.36. The van der Waals surface area contributed by atoms with Crippen molar-refractivity contribution in [2.45, 2.75) is 44.3 Å². The van der Waals surface area contributed by atoms with Gasteiger partial charge in [0, 0.05) is 18.3 Å². The van der Waals surface area contributed by atoms with Crippen molar-refractivity contribution >= 4 is 43.9 Å². The first-order chi connectivity index (χ1) is 19.1. The number of para-hydroxylation sites is 1. The van der Waals surface area contributed by atoms with Crippen LogP contribution in [0.4, 0.5) is 17.3 Å². The first-order valence-electron chi connectivity index (χ1n) is 13.5. The Balaban J connectivity index is 1.29. The number of nitrogens with one attached hydrogen (secondary N) is 1. The second-order valence-corrected chi connectivity index (χ2v) is 11.0. The van der Waals surface area contributed by atoms with Gasteiger partial charge in [0.2, 0.25) is 5.96 Å². The summed E-state index contributed by atoms with van der Waals surface area (Å²) in [6.07, 6.45) is 4.46. The van der Waals surface area contributed by atoms with E-state index in [1.165, 1.54) is 12.8 Å². The van der Waals surface area contributed by atoms with E-state index < -0.39 is 0 Å². The Morgan fingerprint density at radius 3 is 2.56 bits per heavy atom. The first kappa shape index (κ1) is 24.0. The largest absolute Gasteiger partial charge is 0.340 e. The Kier molecular flexibility index (Phi) is 5.93. The molecule has 2 aliphatic heterocycles. The van der Waals surface area contributed by atoms with Gasteiger partial charge in [-0.05, 0) is 42.7 Å². The second-order valence-electron chi connectivity index (χ2n) is 10.4. The number of anilines is 3. The van der Waals surface area contributed by atoms with Gasteiger partial charge in [0.05, 0.1) is 29.8 Å². The zero-order valence-corrected chi connectivity index (χ0v) is 22.9. The summed E-state index contributed by atoms with van der Waals surface area (Å²) in [6, 6.07) is 24.8. The topological polar surface area (TPSA) is 78.7 Å². The molecule has 0 bridgehead atoms. The third kappa shape index (κ3) is 4.20. The Labute approximate surface area is 230 Å². The fourth-order valence-corrected chi connectivity index (χ4v) is 6.19. The average molecular weight is 536 g/mol. The quantitative estimate of drug-likeness (QED) is 0.371. The fraction of sp³-hybridized carbons (Fsp3) is 0.267. The molecule has 9 heteroatoms. The average Bonchev–Trinajstić information content (AvgIpc) is 3.51. The molecule has 4 aromatic rings. The van der Waals surface area contributed by atoms with E-state index in [1.807, 2.05) is 60.3 Å². The molecule has 1 saturated carbocycles. The van der Waals surface area contributed by atoms with Crippen LogP contribution in [-0.2, 0) is 6.54 Å². The Morgan fingerprint density at radius 2 is 1.77 bits per heavy atom. The molecule has 1 amide bonds. The van der Waals surface area contributed by atoms with Gasteiger partial charge >= 0.3 is 0 Å². The van der Waals surface area contributed by atoms with E-state index in [4.69, 9.17) is 10.1 Å². The molecule has 4 heterocycles. The van der Waals surface area contributed by atoms with Crippen molar-refractivity contribution in [3.05, 3.63) is 83.9 Å². The third-order valence-electron chi connectivity index (χ3n) is 7.89. The van der Waals surface area contributed by atoms with Crippen LogP contribution in [0.15, 0.2) is 77.8 Å². The van der Waals surface area contributed by atoms with E-state index in [0.717, 1.165) is 46.7 Å². The van der Waals surface area contributed by atoms with Crippen LogP contribution in [0.25, 0.3) is 11.3 Å². The van der Waals surface area contributed by atoms with Gasteiger partial charge < -0.3 is 5.32 Å². The van der Waals surface area contributed by atoms with Crippen molar-refractivity contribution in [2.24, 2.45) is 4.99 Å². The molecule has 0 spiro atoms. The molecule has 8 nitrogen and oxygen atoms in total. The summed E-state index contributed by atoms with van der Waals surface area (Å²) < 4.78 is 1.93. The Morgan fingerprint density at radius 1 is 0.974 bits per heavy atom. The van der Waals surface area contributed by atoms with E-state index in [-0.39, 0.29) is 18.0 Å². The lowest BCUT2D eigenvalue weighted by molar-refractivity contribution is 0.0866. The molecule has 1 unspecified atom stereocenters. The van der Waals surface area contributed by atoms with E-state index in [1.54, 1.807) is 4.90 Å². The molecule has 0 radical (unpaired) electrons. The first-order valence-corrected chi connectivity index (χ1v) is 14.0. The lowest BCUT2D eigenvalue weighted by atomic mass is 9.90. The van der Waals surface area contributed by atoms with E-state index in [0.29, 0.717) is 23.7 Å². The summed E-state index contributed by atoms with van der Waals surface area (Å²) in [4.78, 5) is 27.3. The number of nitrogens with zero attached hydrogens (tertiary/aromatic N) is 6. The Hall–Kier alpha value is -4.03. The minimum atomic E-state index is -0.0814. The molecule has 39 heavy (non-hydrogen) atoms. The van der Waals surface area contributed by atoms with Gasteiger partial charge in [-0.25, -0.2) is 14.7 Å². The number of pyridine rings is 1. The van der Waals surface area contributed by atoms with Crippen LogP contribution in [0.5, 0.6) is 0 Å². The smallest absolute Gasteiger partial charge is 0.267 e. The van der Waals surface area contributed by atoms with Gasteiger partial charge in [-0.3, -0.25) is 14.6 Å². The predicted molar refractivity (Wildman–Crippen MR) is 158 cm³/mol. The Bertz CT molecular complexity index is 1580. The normalized spacial score (nSPS) is 19.8. The maximum atomic E-state index is 13.8. The summed E-state index contributed by atoms with van der Waals surface area (Å²) in [5, 5.41) is 8.61. The highest BCUT2D eigenvalue weighted by Crippen LogP contribution is 2.42. The highest BCUT2D eigenvalue weighted by Gasteiger charge is 2.48. The van der Waals surface area contributed by atoms with Crippen molar-refractivity contribution in [2.75, 3.05) is 17.3 Å². The maximum Gasteiger partial charge on any atom is 0.267 e. The lowest BCUT2D eigenvalue weighted by Crippen LogP contribution is -2.52. The van der Waals surface area contributed by atoms with Crippen molar-refractivity contribution < 1.29 is 4.79 Å². The summed E-state index contributed by atoms with van der Waals surface area (Å²) >= 11 is 0. The predicted octanol–water partition coefficient (Wildman–Crippen LogP) is 4.81. The van der Waals surface area contributed by atoms with Crippen LogP contribution in [0.3, 0.4) is 0 Å². The van der Waals surface area contributed by atoms with Crippen LogP contribution >= 0.6 is 9.24 Å². The number of aliphatic imine (C=N–C) groups is 1. The van der Waals surface area contributed by atoms with Gasteiger partial charge in [0.1, 0.15) is 11.4 Å². The standard InChI is InChI=1S/C30H30N7OP/c1-35-29(38)26-27(31-21-8-3-2-4-9-21)36(34-28(26)37-24-12-6-5-10-23(24)33-30(35)37)18-19-14-16-20(17-15-19)22-11-7-13-25(39)32-22/h2-4,7-9,11,13-17,23-24,31H,5-6,10,12,18,39H2,1H3/t23-,24+/m1/s1. The molecule has 2 aromatic carbocycles. The minimum Gasteiger partial charge on any atom is -0.340 e. The summed E-state index contributed by atoms with van der Waals surface area (Å²) in [5.74, 6) is 2.06. The molecule has 196 valence electrons. The van der Waals surface area contributed by atoms with Gasteiger partial charge in [-0.15, -0.1) is 0 Å². The molecular weight excluding hydrogens is 505 g/mol. The summed E-state index contributed by atoms with van der Waals surface area (Å²) in [7, 11) is 4.48. The molecule has 0 saturated heterocycles. The van der Waals surface area contributed by atoms with Crippen LogP contribution in [-0.4, -0.2) is 50.7 Å².